The van der Waals surface area contributed by atoms with Crippen molar-refractivity contribution in [3.05, 3.63) is 24.0 Å². The maximum atomic E-state index is 11.6. The molecule has 5 heteroatoms. The lowest BCUT2D eigenvalue weighted by atomic mass is 10.3. The molecule has 94 valence electrons. The van der Waals surface area contributed by atoms with Crippen LogP contribution in [0.15, 0.2) is 18.3 Å². The molecule has 0 aliphatic rings. The van der Waals surface area contributed by atoms with Crippen LogP contribution in [0.3, 0.4) is 0 Å². The summed E-state index contributed by atoms with van der Waals surface area (Å²) in [7, 11) is 1.69. The van der Waals surface area contributed by atoms with Crippen LogP contribution in [-0.4, -0.2) is 42.0 Å². The van der Waals surface area contributed by atoms with Gasteiger partial charge in [0.25, 0.3) is 0 Å². The third-order valence-corrected chi connectivity index (χ3v) is 2.41. The second-order valence-corrected chi connectivity index (χ2v) is 3.74. The largest absolute Gasteiger partial charge is 0.466 e. The minimum absolute atomic E-state index is 0.185. The van der Waals surface area contributed by atoms with Crippen LogP contribution in [0.1, 0.15) is 19.0 Å². The molecule has 1 amide bonds. The molecular formula is C12H18N2O3. The predicted octanol–water partition coefficient (Wildman–Crippen LogP) is 0.969. The van der Waals surface area contributed by atoms with Crippen molar-refractivity contribution in [2.45, 2.75) is 19.8 Å². The number of rotatable bonds is 6. The first kappa shape index (κ1) is 13.3. The smallest absolute Gasteiger partial charge is 0.315 e. The summed E-state index contributed by atoms with van der Waals surface area (Å²) >= 11 is 0. The SMILES string of the molecule is CCOC(=O)CC(=O)N(C)CCc1ccc[nH]1. The molecule has 0 aliphatic carbocycles. The molecule has 0 saturated heterocycles. The van der Waals surface area contributed by atoms with Crippen molar-refractivity contribution in [1.82, 2.24) is 9.88 Å². The van der Waals surface area contributed by atoms with Gasteiger partial charge in [0.15, 0.2) is 0 Å². The average molecular weight is 238 g/mol. The fourth-order valence-corrected chi connectivity index (χ4v) is 1.41. The highest BCUT2D eigenvalue weighted by atomic mass is 16.5. The van der Waals surface area contributed by atoms with E-state index in [0.717, 1.165) is 12.1 Å². The van der Waals surface area contributed by atoms with Gasteiger partial charge in [-0.1, -0.05) is 0 Å². The Kier molecular flexibility index (Phi) is 5.26. The van der Waals surface area contributed by atoms with Gasteiger partial charge < -0.3 is 14.6 Å². The van der Waals surface area contributed by atoms with Crippen molar-refractivity contribution in [3.63, 3.8) is 0 Å². The highest BCUT2D eigenvalue weighted by Crippen LogP contribution is 1.99. The molecule has 17 heavy (non-hydrogen) atoms. The van der Waals surface area contributed by atoms with Gasteiger partial charge >= 0.3 is 5.97 Å². The van der Waals surface area contributed by atoms with Gasteiger partial charge in [-0.2, -0.15) is 0 Å². The minimum Gasteiger partial charge on any atom is -0.466 e. The number of hydrogen-bond donors (Lipinski definition) is 1. The Labute approximate surface area is 101 Å². The number of H-pyrrole nitrogens is 1. The number of hydrogen-bond acceptors (Lipinski definition) is 3. The molecule has 1 aromatic rings. The molecule has 0 aromatic carbocycles. The summed E-state index contributed by atoms with van der Waals surface area (Å²) in [5.74, 6) is -0.681. The number of amides is 1. The molecule has 0 radical (unpaired) electrons. The van der Waals surface area contributed by atoms with Gasteiger partial charge in [-0.3, -0.25) is 9.59 Å². The van der Waals surface area contributed by atoms with E-state index in [1.807, 2.05) is 18.3 Å². The molecule has 5 nitrogen and oxygen atoms in total. The summed E-state index contributed by atoms with van der Waals surface area (Å²) in [4.78, 5) is 27.3. The summed E-state index contributed by atoms with van der Waals surface area (Å²) in [6.07, 6.45) is 2.41. The van der Waals surface area contributed by atoms with Crippen molar-refractivity contribution in [1.29, 1.82) is 0 Å². The van der Waals surface area contributed by atoms with Gasteiger partial charge in [0.2, 0.25) is 5.91 Å². The van der Waals surface area contributed by atoms with Crippen molar-refractivity contribution >= 4 is 11.9 Å². The van der Waals surface area contributed by atoms with E-state index in [4.69, 9.17) is 4.74 Å². The van der Waals surface area contributed by atoms with E-state index in [1.165, 1.54) is 4.90 Å². The maximum Gasteiger partial charge on any atom is 0.315 e. The number of carbonyl (C=O) groups is 2. The quantitative estimate of drug-likeness (QED) is 0.593. The van der Waals surface area contributed by atoms with Gasteiger partial charge in [-0.05, 0) is 19.1 Å². The monoisotopic (exact) mass is 238 g/mol. The van der Waals surface area contributed by atoms with Crippen LogP contribution in [0.25, 0.3) is 0 Å². The molecule has 1 heterocycles. The third kappa shape index (κ3) is 4.72. The number of esters is 1. The van der Waals surface area contributed by atoms with Crippen molar-refractivity contribution in [3.8, 4) is 0 Å². The van der Waals surface area contributed by atoms with Crippen LogP contribution in [0.4, 0.5) is 0 Å². The standard InChI is InChI=1S/C12H18N2O3/c1-3-17-12(16)9-11(15)14(2)8-6-10-5-4-7-13-10/h4-5,7,13H,3,6,8-9H2,1-2H3. The number of aromatic nitrogens is 1. The zero-order valence-corrected chi connectivity index (χ0v) is 10.2. The lowest BCUT2D eigenvalue weighted by Gasteiger charge is -2.16. The third-order valence-electron chi connectivity index (χ3n) is 2.41. The second kappa shape index (κ2) is 6.73. The van der Waals surface area contributed by atoms with E-state index in [-0.39, 0.29) is 12.3 Å². The van der Waals surface area contributed by atoms with E-state index in [2.05, 4.69) is 4.98 Å². The number of nitrogens with one attached hydrogen (secondary N) is 1. The normalized spacial score (nSPS) is 10.0. The molecular weight excluding hydrogens is 220 g/mol. The summed E-state index contributed by atoms with van der Waals surface area (Å²) < 4.78 is 4.72. The summed E-state index contributed by atoms with van der Waals surface area (Å²) in [6, 6.07) is 3.87. The van der Waals surface area contributed by atoms with Gasteiger partial charge in [0.05, 0.1) is 6.61 Å². The Morgan fingerprint density at radius 2 is 2.24 bits per heavy atom. The van der Waals surface area contributed by atoms with Crippen LogP contribution in [0, 0.1) is 0 Å². The first-order valence-electron chi connectivity index (χ1n) is 5.65. The van der Waals surface area contributed by atoms with Gasteiger partial charge in [-0.15, -0.1) is 0 Å². The molecule has 0 unspecified atom stereocenters. The fraction of sp³-hybridized carbons (Fsp3) is 0.500. The number of ether oxygens (including phenoxy) is 1. The highest BCUT2D eigenvalue weighted by molar-refractivity contribution is 5.94. The lowest BCUT2D eigenvalue weighted by Crippen LogP contribution is -2.31. The number of likely N-dealkylation sites (N-methyl/N-ethyl adjacent to an activating group) is 1. The van der Waals surface area contributed by atoms with E-state index in [9.17, 15) is 9.59 Å². The van der Waals surface area contributed by atoms with Crippen LogP contribution in [0.2, 0.25) is 0 Å². The Bertz CT molecular complexity index is 360. The number of aromatic amines is 1. The second-order valence-electron chi connectivity index (χ2n) is 3.74. The van der Waals surface area contributed by atoms with Gasteiger partial charge in [0, 0.05) is 31.9 Å². The average Bonchev–Trinajstić information content (AvgIpc) is 2.78. The lowest BCUT2D eigenvalue weighted by molar-refractivity contribution is -0.148. The fourth-order valence-electron chi connectivity index (χ4n) is 1.41. The first-order chi connectivity index (χ1) is 8.13. The molecule has 0 spiro atoms. The van der Waals surface area contributed by atoms with E-state index >= 15 is 0 Å². The van der Waals surface area contributed by atoms with E-state index in [0.29, 0.717) is 13.2 Å². The van der Waals surface area contributed by atoms with Crippen LogP contribution in [0.5, 0.6) is 0 Å². The summed E-state index contributed by atoms with van der Waals surface area (Å²) in [5, 5.41) is 0. The van der Waals surface area contributed by atoms with Gasteiger partial charge in [0.1, 0.15) is 6.42 Å². The van der Waals surface area contributed by atoms with Crippen LogP contribution in [-0.2, 0) is 20.7 Å². The maximum absolute atomic E-state index is 11.6. The Balaban J connectivity index is 2.29. The summed E-state index contributed by atoms with van der Waals surface area (Å²) in [5.41, 5.74) is 1.07. The van der Waals surface area contributed by atoms with Crippen molar-refractivity contribution in [2.75, 3.05) is 20.2 Å². The number of carbonyl (C=O) groups excluding carboxylic acids is 2. The Morgan fingerprint density at radius 3 is 2.82 bits per heavy atom. The minimum atomic E-state index is -0.468. The molecule has 0 bridgehead atoms. The molecule has 1 aromatic heterocycles. The first-order valence-corrected chi connectivity index (χ1v) is 5.65. The number of nitrogens with zero attached hydrogens (tertiary/aromatic N) is 1. The zero-order valence-electron chi connectivity index (χ0n) is 10.2. The Hall–Kier alpha value is -1.78. The molecule has 1 rings (SSSR count). The molecule has 0 atom stereocenters. The van der Waals surface area contributed by atoms with Crippen LogP contribution < -0.4 is 0 Å². The Morgan fingerprint density at radius 1 is 1.47 bits per heavy atom. The van der Waals surface area contributed by atoms with Crippen molar-refractivity contribution < 1.29 is 14.3 Å². The van der Waals surface area contributed by atoms with Gasteiger partial charge in [-0.25, -0.2) is 0 Å². The zero-order chi connectivity index (χ0) is 12.7. The molecule has 0 saturated carbocycles. The molecule has 0 fully saturated rings. The highest BCUT2D eigenvalue weighted by Gasteiger charge is 2.14. The van der Waals surface area contributed by atoms with E-state index in [1.54, 1.807) is 14.0 Å². The molecule has 1 N–H and O–H groups in total. The van der Waals surface area contributed by atoms with Crippen LogP contribution >= 0.6 is 0 Å². The topological polar surface area (TPSA) is 62.4 Å². The summed E-state index contributed by atoms with van der Waals surface area (Å²) in [6.45, 7) is 2.61. The predicted molar refractivity (Wildman–Crippen MR) is 63.4 cm³/mol. The van der Waals surface area contributed by atoms with E-state index < -0.39 is 5.97 Å². The van der Waals surface area contributed by atoms with Crippen molar-refractivity contribution in [2.24, 2.45) is 0 Å². The molecule has 0 aliphatic heterocycles.